The second-order valence-corrected chi connectivity index (χ2v) is 4.02. The van der Waals surface area contributed by atoms with Crippen molar-refractivity contribution in [2.75, 3.05) is 6.61 Å². The molecule has 0 aliphatic heterocycles. The van der Waals surface area contributed by atoms with Crippen LogP contribution in [0.1, 0.15) is 23.0 Å². The predicted molar refractivity (Wildman–Crippen MR) is 64.0 cm³/mol. The zero-order valence-electron chi connectivity index (χ0n) is 9.13. The first-order chi connectivity index (χ1) is 7.61. The average molecular weight is 238 g/mol. The van der Waals surface area contributed by atoms with Crippen LogP contribution in [0.5, 0.6) is 0 Å². The molecule has 0 radical (unpaired) electrons. The number of aromatic nitrogens is 1. The van der Waals surface area contributed by atoms with E-state index in [0.717, 1.165) is 16.5 Å². The van der Waals surface area contributed by atoms with Gasteiger partial charge >= 0.3 is 5.97 Å². The molecule has 3 nitrogen and oxygen atoms in total. The Hall–Kier alpha value is -1.48. The molecule has 0 fully saturated rings. The molecule has 1 heterocycles. The summed E-state index contributed by atoms with van der Waals surface area (Å²) in [6.45, 7) is 4.09. The summed E-state index contributed by atoms with van der Waals surface area (Å²) in [7, 11) is 0. The highest BCUT2D eigenvalue weighted by molar-refractivity contribution is 6.35. The second-order valence-electron chi connectivity index (χ2n) is 3.61. The van der Waals surface area contributed by atoms with E-state index in [1.165, 1.54) is 0 Å². The van der Waals surface area contributed by atoms with E-state index >= 15 is 0 Å². The Morgan fingerprint density at radius 3 is 2.88 bits per heavy atom. The minimum Gasteiger partial charge on any atom is -0.461 e. The topological polar surface area (TPSA) is 42.1 Å². The van der Waals surface area contributed by atoms with E-state index in [0.29, 0.717) is 17.3 Å². The molecular formula is C12H12ClNO2. The van der Waals surface area contributed by atoms with E-state index in [9.17, 15) is 4.79 Å². The molecule has 0 unspecified atom stereocenters. The number of rotatable bonds is 2. The highest BCUT2D eigenvalue weighted by atomic mass is 35.5. The van der Waals surface area contributed by atoms with Gasteiger partial charge in [-0.1, -0.05) is 11.6 Å². The molecule has 1 aromatic heterocycles. The summed E-state index contributed by atoms with van der Waals surface area (Å²) in [5.41, 5.74) is 2.34. The Kier molecular flexibility index (Phi) is 2.88. The minimum absolute atomic E-state index is 0.354. The molecule has 16 heavy (non-hydrogen) atoms. The van der Waals surface area contributed by atoms with Crippen molar-refractivity contribution in [2.24, 2.45) is 0 Å². The standard InChI is InChI=1S/C12H12ClNO2/c1-3-16-12(15)11-6-8-9(13)4-7(2)5-10(8)14-11/h4-6,14H,3H2,1-2H3. The van der Waals surface area contributed by atoms with Gasteiger partial charge in [0.2, 0.25) is 0 Å². The Balaban J connectivity index is 2.51. The van der Waals surface area contributed by atoms with Gasteiger partial charge < -0.3 is 9.72 Å². The quantitative estimate of drug-likeness (QED) is 0.815. The van der Waals surface area contributed by atoms with Crippen LogP contribution in [0.25, 0.3) is 10.9 Å². The van der Waals surface area contributed by atoms with Crippen LogP contribution < -0.4 is 0 Å². The molecule has 1 aromatic carbocycles. The largest absolute Gasteiger partial charge is 0.461 e. The maximum absolute atomic E-state index is 11.5. The number of carbonyl (C=O) groups is 1. The maximum Gasteiger partial charge on any atom is 0.354 e. The number of esters is 1. The van der Waals surface area contributed by atoms with Crippen molar-refractivity contribution < 1.29 is 9.53 Å². The fraction of sp³-hybridized carbons (Fsp3) is 0.250. The number of hydrogen-bond donors (Lipinski definition) is 1. The normalized spacial score (nSPS) is 10.7. The third-order valence-corrected chi connectivity index (χ3v) is 2.64. The van der Waals surface area contributed by atoms with Gasteiger partial charge in [0.15, 0.2) is 0 Å². The van der Waals surface area contributed by atoms with E-state index in [1.807, 2.05) is 19.1 Å². The highest BCUT2D eigenvalue weighted by Crippen LogP contribution is 2.26. The summed E-state index contributed by atoms with van der Waals surface area (Å²) in [6, 6.07) is 5.53. The zero-order chi connectivity index (χ0) is 11.7. The molecule has 0 spiro atoms. The van der Waals surface area contributed by atoms with Crippen LogP contribution in [0.15, 0.2) is 18.2 Å². The van der Waals surface area contributed by atoms with Gasteiger partial charge in [0.05, 0.1) is 11.6 Å². The van der Waals surface area contributed by atoms with Crippen molar-refractivity contribution in [1.29, 1.82) is 0 Å². The van der Waals surface area contributed by atoms with Crippen LogP contribution >= 0.6 is 11.6 Å². The molecular weight excluding hydrogens is 226 g/mol. The van der Waals surface area contributed by atoms with Crippen molar-refractivity contribution in [2.45, 2.75) is 13.8 Å². The minimum atomic E-state index is -0.354. The molecule has 0 saturated carbocycles. The van der Waals surface area contributed by atoms with Crippen LogP contribution in [0, 0.1) is 6.92 Å². The summed E-state index contributed by atoms with van der Waals surface area (Å²) in [5.74, 6) is -0.354. The van der Waals surface area contributed by atoms with E-state index in [2.05, 4.69) is 4.98 Å². The van der Waals surface area contributed by atoms with Gasteiger partial charge in [-0.05, 0) is 37.6 Å². The molecule has 0 aliphatic carbocycles. The third-order valence-electron chi connectivity index (χ3n) is 2.33. The molecule has 2 rings (SSSR count). The summed E-state index contributed by atoms with van der Waals surface area (Å²) < 4.78 is 4.91. The van der Waals surface area contributed by atoms with Crippen molar-refractivity contribution in [1.82, 2.24) is 4.98 Å². The molecule has 0 bridgehead atoms. The van der Waals surface area contributed by atoms with Gasteiger partial charge in [-0.25, -0.2) is 4.79 Å². The number of fused-ring (bicyclic) bond motifs is 1. The number of aromatic amines is 1. The smallest absolute Gasteiger partial charge is 0.354 e. The second kappa shape index (κ2) is 4.18. The van der Waals surface area contributed by atoms with Crippen molar-refractivity contribution in [3.05, 3.63) is 34.5 Å². The molecule has 2 aromatic rings. The van der Waals surface area contributed by atoms with E-state index in [1.54, 1.807) is 13.0 Å². The lowest BCUT2D eigenvalue weighted by Crippen LogP contribution is -2.04. The number of ether oxygens (including phenoxy) is 1. The summed E-state index contributed by atoms with van der Waals surface area (Å²) >= 11 is 6.09. The molecule has 84 valence electrons. The van der Waals surface area contributed by atoms with Crippen LogP contribution in [0.2, 0.25) is 5.02 Å². The predicted octanol–water partition coefficient (Wildman–Crippen LogP) is 3.31. The summed E-state index contributed by atoms with van der Waals surface area (Å²) in [5, 5.41) is 1.48. The maximum atomic E-state index is 11.5. The van der Waals surface area contributed by atoms with Gasteiger partial charge in [-0.3, -0.25) is 0 Å². The Morgan fingerprint density at radius 2 is 2.19 bits per heavy atom. The fourth-order valence-electron chi connectivity index (χ4n) is 1.65. The Morgan fingerprint density at radius 1 is 1.44 bits per heavy atom. The lowest BCUT2D eigenvalue weighted by molar-refractivity contribution is 0.0520. The Bertz CT molecular complexity index is 545. The molecule has 0 amide bonds. The molecule has 0 saturated heterocycles. The van der Waals surface area contributed by atoms with Crippen LogP contribution in [0.3, 0.4) is 0 Å². The number of halogens is 1. The molecule has 0 aliphatic rings. The van der Waals surface area contributed by atoms with Crippen LogP contribution in [-0.4, -0.2) is 17.6 Å². The van der Waals surface area contributed by atoms with Crippen LogP contribution in [-0.2, 0) is 4.74 Å². The zero-order valence-corrected chi connectivity index (χ0v) is 9.89. The third kappa shape index (κ3) is 1.91. The first-order valence-corrected chi connectivity index (χ1v) is 5.45. The first kappa shape index (κ1) is 11.0. The van der Waals surface area contributed by atoms with Crippen molar-refractivity contribution >= 4 is 28.5 Å². The lowest BCUT2D eigenvalue weighted by Gasteiger charge is -1.96. The van der Waals surface area contributed by atoms with Gasteiger partial charge in [0.25, 0.3) is 0 Å². The first-order valence-electron chi connectivity index (χ1n) is 5.08. The average Bonchev–Trinajstić information content (AvgIpc) is 2.62. The monoisotopic (exact) mass is 237 g/mol. The van der Waals surface area contributed by atoms with Crippen molar-refractivity contribution in [3.63, 3.8) is 0 Å². The van der Waals surface area contributed by atoms with E-state index in [-0.39, 0.29) is 5.97 Å². The number of nitrogens with one attached hydrogen (secondary N) is 1. The van der Waals surface area contributed by atoms with Crippen LogP contribution in [0.4, 0.5) is 0 Å². The molecule has 4 heteroatoms. The number of H-pyrrole nitrogens is 1. The number of aryl methyl sites for hydroxylation is 1. The van der Waals surface area contributed by atoms with E-state index < -0.39 is 0 Å². The summed E-state index contributed by atoms with van der Waals surface area (Å²) in [6.07, 6.45) is 0. The summed E-state index contributed by atoms with van der Waals surface area (Å²) in [4.78, 5) is 14.5. The van der Waals surface area contributed by atoms with Gasteiger partial charge in [0, 0.05) is 10.9 Å². The number of hydrogen-bond acceptors (Lipinski definition) is 2. The van der Waals surface area contributed by atoms with Crippen molar-refractivity contribution in [3.8, 4) is 0 Å². The van der Waals surface area contributed by atoms with Gasteiger partial charge in [-0.15, -0.1) is 0 Å². The highest BCUT2D eigenvalue weighted by Gasteiger charge is 2.12. The molecule has 1 N–H and O–H groups in total. The fourth-order valence-corrected chi connectivity index (χ4v) is 1.98. The number of benzene rings is 1. The lowest BCUT2D eigenvalue weighted by atomic mass is 10.2. The molecule has 0 atom stereocenters. The van der Waals surface area contributed by atoms with Gasteiger partial charge in [-0.2, -0.15) is 0 Å². The number of carbonyl (C=O) groups excluding carboxylic acids is 1. The van der Waals surface area contributed by atoms with Gasteiger partial charge in [0.1, 0.15) is 5.69 Å². The Labute approximate surface area is 98.4 Å². The van der Waals surface area contributed by atoms with E-state index in [4.69, 9.17) is 16.3 Å². The SMILES string of the molecule is CCOC(=O)c1cc2c(Cl)cc(C)cc2[nH]1.